The van der Waals surface area contributed by atoms with E-state index in [1.807, 2.05) is 0 Å². The van der Waals surface area contributed by atoms with Crippen molar-refractivity contribution in [1.29, 1.82) is 0 Å². The first-order valence-corrected chi connectivity index (χ1v) is 7.44. The third-order valence-corrected chi connectivity index (χ3v) is 3.35. The minimum absolute atomic E-state index is 0.0868. The van der Waals surface area contributed by atoms with Gasteiger partial charge in [0.05, 0.1) is 12.0 Å². The van der Waals surface area contributed by atoms with Gasteiger partial charge in [-0.2, -0.15) is 13.2 Å². The lowest BCUT2D eigenvalue weighted by Crippen LogP contribution is -2.24. The van der Waals surface area contributed by atoms with Gasteiger partial charge in [-0.25, -0.2) is 0 Å². The van der Waals surface area contributed by atoms with Gasteiger partial charge in [0, 0.05) is 31.3 Å². The van der Waals surface area contributed by atoms with Crippen molar-refractivity contribution in [2.45, 2.75) is 33.4 Å². The Hall–Kier alpha value is -2.11. The van der Waals surface area contributed by atoms with E-state index in [-0.39, 0.29) is 23.3 Å². The van der Waals surface area contributed by atoms with E-state index < -0.39 is 22.9 Å². The summed E-state index contributed by atoms with van der Waals surface area (Å²) in [5.74, 6) is -0.757. The standard InChI is InChI=1S/C18H22F3NO2/c1-17(2,3)16(24)10-15(23)14(11-22(4)5)12-7-6-8-13(9-12)18(19,20)21/h6-9,11H,10H2,1-5H3/b14-11+. The minimum Gasteiger partial charge on any atom is -0.383 e. The highest BCUT2D eigenvalue weighted by Crippen LogP contribution is 2.31. The SMILES string of the molecule is CN(C)/C=C(/C(=O)CC(=O)C(C)(C)C)c1cccc(C(F)(F)F)c1. The maximum Gasteiger partial charge on any atom is 0.416 e. The molecule has 0 aliphatic heterocycles. The summed E-state index contributed by atoms with van der Waals surface area (Å²) < 4.78 is 38.7. The number of rotatable bonds is 5. The number of nitrogens with zero attached hydrogens (tertiary/aromatic N) is 1. The van der Waals surface area contributed by atoms with Gasteiger partial charge in [0.2, 0.25) is 0 Å². The molecule has 0 aliphatic rings. The first-order valence-electron chi connectivity index (χ1n) is 7.44. The first-order chi connectivity index (χ1) is 10.8. The van der Waals surface area contributed by atoms with Gasteiger partial charge in [0.15, 0.2) is 5.78 Å². The molecule has 3 nitrogen and oxygen atoms in total. The smallest absolute Gasteiger partial charge is 0.383 e. The molecule has 0 radical (unpaired) electrons. The Morgan fingerprint density at radius 1 is 1.12 bits per heavy atom. The number of carbonyl (C=O) groups is 2. The van der Waals surface area contributed by atoms with E-state index in [1.54, 1.807) is 39.8 Å². The van der Waals surface area contributed by atoms with Gasteiger partial charge in [-0.05, 0) is 17.7 Å². The Labute approximate surface area is 140 Å². The van der Waals surface area contributed by atoms with Crippen LogP contribution >= 0.6 is 0 Å². The molecule has 1 aromatic carbocycles. The predicted molar refractivity (Wildman–Crippen MR) is 87.2 cm³/mol. The van der Waals surface area contributed by atoms with Gasteiger partial charge in [0.1, 0.15) is 5.78 Å². The van der Waals surface area contributed by atoms with Gasteiger partial charge in [0.25, 0.3) is 0 Å². The van der Waals surface area contributed by atoms with E-state index in [1.165, 1.54) is 18.3 Å². The van der Waals surface area contributed by atoms with E-state index in [2.05, 4.69) is 0 Å². The normalized spacial score (nSPS) is 12.9. The molecule has 0 heterocycles. The third-order valence-electron chi connectivity index (χ3n) is 3.35. The van der Waals surface area contributed by atoms with E-state index in [0.717, 1.165) is 12.1 Å². The molecule has 0 saturated heterocycles. The summed E-state index contributed by atoms with van der Waals surface area (Å²) in [6.45, 7) is 5.09. The summed E-state index contributed by atoms with van der Waals surface area (Å²) in [7, 11) is 3.32. The van der Waals surface area contributed by atoms with Crippen LogP contribution in [0.5, 0.6) is 0 Å². The lowest BCUT2D eigenvalue weighted by molar-refractivity contribution is -0.137. The topological polar surface area (TPSA) is 37.4 Å². The Kier molecular flexibility index (Phi) is 5.98. The molecule has 0 spiro atoms. The molecule has 6 heteroatoms. The number of Topliss-reactive ketones (excluding diaryl/α,β-unsaturated/α-hetero) is 2. The van der Waals surface area contributed by atoms with E-state index in [0.29, 0.717) is 0 Å². The fourth-order valence-corrected chi connectivity index (χ4v) is 1.93. The number of halogens is 3. The lowest BCUT2D eigenvalue weighted by atomic mass is 9.86. The van der Waals surface area contributed by atoms with Crippen molar-refractivity contribution >= 4 is 17.1 Å². The first kappa shape index (κ1) is 19.9. The summed E-state index contributed by atoms with van der Waals surface area (Å²) in [5, 5.41) is 0. The molecular weight excluding hydrogens is 319 g/mol. The quantitative estimate of drug-likeness (QED) is 0.595. The second-order valence-electron chi connectivity index (χ2n) is 6.86. The molecule has 132 valence electrons. The van der Waals surface area contributed by atoms with Crippen molar-refractivity contribution in [2.24, 2.45) is 5.41 Å². The van der Waals surface area contributed by atoms with Crippen molar-refractivity contribution < 1.29 is 22.8 Å². The summed E-state index contributed by atoms with van der Waals surface area (Å²) in [5.41, 5.74) is -1.29. The van der Waals surface area contributed by atoms with Crippen LogP contribution in [0.25, 0.3) is 5.57 Å². The minimum atomic E-state index is -4.50. The van der Waals surface area contributed by atoms with Crippen LogP contribution < -0.4 is 0 Å². The molecule has 0 fully saturated rings. The molecule has 0 aliphatic carbocycles. The van der Waals surface area contributed by atoms with Crippen molar-refractivity contribution in [3.05, 3.63) is 41.6 Å². The fraction of sp³-hybridized carbons (Fsp3) is 0.444. The van der Waals surface area contributed by atoms with Crippen LogP contribution in [-0.4, -0.2) is 30.6 Å². The zero-order valence-corrected chi connectivity index (χ0v) is 14.5. The maximum atomic E-state index is 12.9. The Morgan fingerprint density at radius 3 is 2.17 bits per heavy atom. The predicted octanol–water partition coefficient (Wildman–Crippen LogP) is 4.18. The van der Waals surface area contributed by atoms with Gasteiger partial charge < -0.3 is 4.90 Å². The largest absolute Gasteiger partial charge is 0.416 e. The summed E-state index contributed by atoms with van der Waals surface area (Å²) in [6, 6.07) is 4.56. The van der Waals surface area contributed by atoms with E-state index in [9.17, 15) is 22.8 Å². The number of hydrogen-bond acceptors (Lipinski definition) is 3. The van der Waals surface area contributed by atoms with Crippen LogP contribution in [0.1, 0.15) is 38.3 Å². The molecule has 0 bridgehead atoms. The van der Waals surface area contributed by atoms with Crippen LogP contribution in [0.15, 0.2) is 30.5 Å². The highest BCUT2D eigenvalue weighted by Gasteiger charge is 2.31. The monoisotopic (exact) mass is 341 g/mol. The third kappa shape index (κ3) is 5.51. The average molecular weight is 341 g/mol. The van der Waals surface area contributed by atoms with Crippen molar-refractivity contribution in [1.82, 2.24) is 4.90 Å². The lowest BCUT2D eigenvalue weighted by Gasteiger charge is -2.18. The zero-order chi connectivity index (χ0) is 18.7. The number of carbonyl (C=O) groups excluding carboxylic acids is 2. The van der Waals surface area contributed by atoms with Crippen LogP contribution in [-0.2, 0) is 15.8 Å². The Bertz CT molecular complexity index is 653. The van der Waals surface area contributed by atoms with Gasteiger partial charge in [-0.15, -0.1) is 0 Å². The second-order valence-corrected chi connectivity index (χ2v) is 6.86. The summed E-state index contributed by atoms with van der Waals surface area (Å²) >= 11 is 0. The molecular formula is C18H22F3NO2. The van der Waals surface area contributed by atoms with Crippen LogP contribution in [0.2, 0.25) is 0 Å². The molecule has 0 atom stereocenters. The fourth-order valence-electron chi connectivity index (χ4n) is 1.93. The van der Waals surface area contributed by atoms with Crippen LogP contribution in [0, 0.1) is 5.41 Å². The zero-order valence-electron chi connectivity index (χ0n) is 14.5. The van der Waals surface area contributed by atoms with Crippen molar-refractivity contribution in [3.63, 3.8) is 0 Å². The average Bonchev–Trinajstić information content (AvgIpc) is 2.42. The Morgan fingerprint density at radius 2 is 1.71 bits per heavy atom. The van der Waals surface area contributed by atoms with E-state index in [4.69, 9.17) is 0 Å². The number of allylic oxidation sites excluding steroid dienone is 1. The van der Waals surface area contributed by atoms with Crippen molar-refractivity contribution in [2.75, 3.05) is 14.1 Å². The number of alkyl halides is 3. The molecule has 0 unspecified atom stereocenters. The molecule has 0 amide bonds. The molecule has 0 N–H and O–H groups in total. The van der Waals surface area contributed by atoms with Gasteiger partial charge >= 0.3 is 6.18 Å². The summed E-state index contributed by atoms with van der Waals surface area (Å²) in [4.78, 5) is 26.1. The van der Waals surface area contributed by atoms with Crippen LogP contribution in [0.4, 0.5) is 13.2 Å². The number of hydrogen-bond donors (Lipinski definition) is 0. The molecule has 1 rings (SSSR count). The van der Waals surface area contributed by atoms with E-state index >= 15 is 0 Å². The molecule has 0 saturated carbocycles. The second kappa shape index (κ2) is 7.20. The number of ketones is 2. The Balaban J connectivity index is 3.25. The highest BCUT2D eigenvalue weighted by atomic mass is 19.4. The number of benzene rings is 1. The maximum absolute atomic E-state index is 12.9. The molecule has 1 aromatic rings. The summed E-state index contributed by atoms with van der Waals surface area (Å²) in [6.07, 6.45) is -3.41. The van der Waals surface area contributed by atoms with Crippen molar-refractivity contribution in [3.8, 4) is 0 Å². The van der Waals surface area contributed by atoms with Gasteiger partial charge in [-0.1, -0.05) is 32.9 Å². The highest BCUT2D eigenvalue weighted by molar-refractivity contribution is 6.26. The molecule has 24 heavy (non-hydrogen) atoms. The van der Waals surface area contributed by atoms with Gasteiger partial charge in [-0.3, -0.25) is 9.59 Å². The van der Waals surface area contributed by atoms with Crippen LogP contribution in [0.3, 0.4) is 0 Å². The molecule has 0 aromatic heterocycles.